The van der Waals surface area contributed by atoms with Crippen molar-refractivity contribution in [1.29, 1.82) is 0 Å². The van der Waals surface area contributed by atoms with Crippen molar-refractivity contribution in [3.05, 3.63) is 24.3 Å². The zero-order valence-corrected chi connectivity index (χ0v) is 17.6. The first-order chi connectivity index (χ1) is 13.4. The highest BCUT2D eigenvalue weighted by Crippen LogP contribution is 2.24. The minimum atomic E-state index is -3.16. The van der Waals surface area contributed by atoms with E-state index in [0.717, 1.165) is 37.4 Å². The van der Waals surface area contributed by atoms with Crippen LogP contribution in [0.15, 0.2) is 24.3 Å². The van der Waals surface area contributed by atoms with Gasteiger partial charge in [-0.05, 0) is 63.9 Å². The fraction of sp³-hybridized carbons (Fsp3) is 0.650. The molecular weight excluding hydrogens is 378 g/mol. The summed E-state index contributed by atoms with van der Waals surface area (Å²) in [6.07, 6.45) is 3.43. The molecule has 156 valence electrons. The average Bonchev–Trinajstić information content (AvgIpc) is 2.71. The second kappa shape index (κ2) is 9.24. The average molecular weight is 410 g/mol. The van der Waals surface area contributed by atoms with Crippen molar-refractivity contribution in [2.75, 3.05) is 44.3 Å². The van der Waals surface area contributed by atoms with Crippen LogP contribution in [-0.4, -0.2) is 68.6 Å². The highest BCUT2D eigenvalue weighted by Gasteiger charge is 2.30. The first kappa shape index (κ1) is 21.1. The Morgan fingerprint density at radius 2 is 1.68 bits per heavy atom. The number of likely N-dealkylation sites (tertiary alicyclic amines) is 1. The van der Waals surface area contributed by atoms with Crippen LogP contribution in [0.2, 0.25) is 0 Å². The Morgan fingerprint density at radius 1 is 1.07 bits per heavy atom. The Kier molecular flexibility index (Phi) is 6.95. The van der Waals surface area contributed by atoms with Gasteiger partial charge in [-0.2, -0.15) is 0 Å². The van der Waals surface area contributed by atoms with Gasteiger partial charge in [-0.1, -0.05) is 0 Å². The second-order valence-electron chi connectivity index (χ2n) is 7.71. The predicted molar refractivity (Wildman–Crippen MR) is 110 cm³/mol. The molecule has 0 spiro atoms. The molecule has 28 heavy (non-hydrogen) atoms. The van der Waals surface area contributed by atoms with Crippen molar-refractivity contribution in [3.63, 3.8) is 0 Å². The summed E-state index contributed by atoms with van der Waals surface area (Å²) in [6.45, 7) is 4.58. The van der Waals surface area contributed by atoms with Gasteiger partial charge in [0.2, 0.25) is 15.9 Å². The van der Waals surface area contributed by atoms with Crippen LogP contribution >= 0.6 is 0 Å². The molecular formula is C20H31N3O4S. The summed E-state index contributed by atoms with van der Waals surface area (Å²) in [6, 6.07) is 7.51. The molecule has 2 heterocycles. The topological polar surface area (TPSA) is 79.0 Å². The Balaban J connectivity index is 1.47. The van der Waals surface area contributed by atoms with E-state index in [9.17, 15) is 13.2 Å². The van der Waals surface area contributed by atoms with Gasteiger partial charge in [-0.3, -0.25) is 4.79 Å². The number of amides is 1. The van der Waals surface area contributed by atoms with Gasteiger partial charge in [0.15, 0.2) is 0 Å². The van der Waals surface area contributed by atoms with Crippen molar-refractivity contribution in [1.82, 2.24) is 9.21 Å². The van der Waals surface area contributed by atoms with Crippen LogP contribution in [0.25, 0.3) is 0 Å². The van der Waals surface area contributed by atoms with Crippen LogP contribution in [0.5, 0.6) is 5.75 Å². The highest BCUT2D eigenvalue weighted by molar-refractivity contribution is 7.89. The molecule has 1 aromatic rings. The van der Waals surface area contributed by atoms with Gasteiger partial charge >= 0.3 is 0 Å². The summed E-state index contributed by atoms with van der Waals surface area (Å²) in [7, 11) is -1.04. The lowest BCUT2D eigenvalue weighted by Crippen LogP contribution is -2.42. The number of carbonyl (C=O) groups is 1. The zero-order chi connectivity index (χ0) is 20.1. The fourth-order valence-corrected chi connectivity index (χ4v) is 4.87. The molecule has 2 aliphatic heterocycles. The van der Waals surface area contributed by atoms with E-state index >= 15 is 0 Å². The largest absolute Gasteiger partial charge is 0.490 e. The molecule has 0 atom stereocenters. The molecule has 3 rings (SSSR count). The molecule has 1 aromatic carbocycles. The van der Waals surface area contributed by atoms with Gasteiger partial charge in [0.25, 0.3) is 0 Å². The standard InChI is InChI=1S/C20H31N3O4S/c1-3-28(25,26)23-14-8-16(9-15-23)20(24)21-17-4-6-18(7-5-17)27-19-10-12-22(2)13-11-19/h4-7,16,19H,3,8-15H2,1-2H3,(H,21,24). The molecule has 2 fully saturated rings. The number of sulfonamides is 1. The molecule has 0 radical (unpaired) electrons. The molecule has 1 N–H and O–H groups in total. The minimum Gasteiger partial charge on any atom is -0.490 e. The van der Waals surface area contributed by atoms with Crippen LogP contribution in [-0.2, 0) is 14.8 Å². The lowest BCUT2D eigenvalue weighted by Gasteiger charge is -2.30. The summed E-state index contributed by atoms with van der Waals surface area (Å²) < 4.78 is 31.4. The summed E-state index contributed by atoms with van der Waals surface area (Å²) >= 11 is 0. The second-order valence-corrected chi connectivity index (χ2v) is 9.97. The summed E-state index contributed by atoms with van der Waals surface area (Å²) in [5.41, 5.74) is 0.740. The van der Waals surface area contributed by atoms with Gasteiger partial charge in [0.05, 0.1) is 5.75 Å². The van der Waals surface area contributed by atoms with Crippen molar-refractivity contribution in [2.24, 2.45) is 5.92 Å². The number of carbonyl (C=O) groups excluding carboxylic acids is 1. The number of ether oxygens (including phenoxy) is 1. The molecule has 0 aromatic heterocycles. The normalized spacial score (nSPS) is 20.8. The number of anilines is 1. The SMILES string of the molecule is CCS(=O)(=O)N1CCC(C(=O)Nc2ccc(OC3CCN(C)CC3)cc2)CC1. The van der Waals surface area contributed by atoms with Crippen molar-refractivity contribution in [3.8, 4) is 5.75 Å². The van der Waals surface area contributed by atoms with Crippen molar-refractivity contribution >= 4 is 21.6 Å². The minimum absolute atomic E-state index is 0.0440. The molecule has 2 saturated heterocycles. The third kappa shape index (κ3) is 5.46. The number of piperidine rings is 2. The third-order valence-corrected chi connectivity index (χ3v) is 7.55. The van der Waals surface area contributed by atoms with E-state index in [1.807, 2.05) is 24.3 Å². The molecule has 0 bridgehead atoms. The van der Waals surface area contributed by atoms with Gasteiger partial charge in [-0.15, -0.1) is 0 Å². The number of rotatable bonds is 6. The molecule has 7 nitrogen and oxygen atoms in total. The van der Waals surface area contributed by atoms with E-state index < -0.39 is 10.0 Å². The Bertz CT molecular complexity index is 750. The Morgan fingerprint density at radius 3 is 2.25 bits per heavy atom. The number of nitrogens with zero attached hydrogens (tertiary/aromatic N) is 2. The Labute approximate surface area is 168 Å². The van der Waals surface area contributed by atoms with E-state index in [-0.39, 0.29) is 23.7 Å². The predicted octanol–water partition coefficient (Wildman–Crippen LogP) is 2.16. The molecule has 1 amide bonds. The molecule has 8 heteroatoms. The third-order valence-electron chi connectivity index (χ3n) is 5.67. The number of benzene rings is 1. The quantitative estimate of drug-likeness (QED) is 0.779. The Hall–Kier alpha value is -1.64. The molecule has 0 saturated carbocycles. The smallest absolute Gasteiger partial charge is 0.227 e. The fourth-order valence-electron chi connectivity index (χ4n) is 3.74. The molecule has 0 aliphatic carbocycles. The lowest BCUT2D eigenvalue weighted by atomic mass is 9.97. The number of hydrogen-bond acceptors (Lipinski definition) is 5. The van der Waals surface area contributed by atoms with Gasteiger partial charge in [-0.25, -0.2) is 12.7 Å². The van der Waals surface area contributed by atoms with E-state index in [0.29, 0.717) is 25.9 Å². The monoisotopic (exact) mass is 409 g/mol. The maximum Gasteiger partial charge on any atom is 0.227 e. The number of nitrogens with one attached hydrogen (secondary N) is 1. The van der Waals surface area contributed by atoms with Gasteiger partial charge in [0.1, 0.15) is 11.9 Å². The maximum atomic E-state index is 12.5. The van der Waals surface area contributed by atoms with E-state index in [1.54, 1.807) is 6.92 Å². The summed E-state index contributed by atoms with van der Waals surface area (Å²) in [5, 5.41) is 2.95. The van der Waals surface area contributed by atoms with E-state index in [4.69, 9.17) is 4.74 Å². The van der Waals surface area contributed by atoms with Crippen molar-refractivity contribution in [2.45, 2.75) is 38.7 Å². The van der Waals surface area contributed by atoms with Gasteiger partial charge in [0, 0.05) is 37.8 Å². The van der Waals surface area contributed by atoms with Gasteiger partial charge < -0.3 is 15.0 Å². The van der Waals surface area contributed by atoms with E-state index in [1.165, 1.54) is 4.31 Å². The summed E-state index contributed by atoms with van der Waals surface area (Å²) in [4.78, 5) is 14.8. The van der Waals surface area contributed by atoms with E-state index in [2.05, 4.69) is 17.3 Å². The molecule has 0 unspecified atom stereocenters. The van der Waals surface area contributed by atoms with Crippen molar-refractivity contribution < 1.29 is 17.9 Å². The zero-order valence-electron chi connectivity index (χ0n) is 16.8. The van der Waals surface area contributed by atoms with Crippen LogP contribution in [0.1, 0.15) is 32.6 Å². The van der Waals surface area contributed by atoms with Crippen LogP contribution < -0.4 is 10.1 Å². The molecule has 2 aliphatic rings. The van der Waals surface area contributed by atoms with Crippen LogP contribution in [0, 0.1) is 5.92 Å². The lowest BCUT2D eigenvalue weighted by molar-refractivity contribution is -0.120. The van der Waals surface area contributed by atoms with Crippen LogP contribution in [0.4, 0.5) is 5.69 Å². The summed E-state index contributed by atoms with van der Waals surface area (Å²) in [5.74, 6) is 0.733. The van der Waals surface area contributed by atoms with Crippen LogP contribution in [0.3, 0.4) is 0 Å². The number of hydrogen-bond donors (Lipinski definition) is 1. The maximum absolute atomic E-state index is 12.5. The first-order valence-electron chi connectivity index (χ1n) is 10.1. The first-order valence-corrected chi connectivity index (χ1v) is 11.7. The highest BCUT2D eigenvalue weighted by atomic mass is 32.2.